The molecule has 0 aliphatic carbocycles. The molecule has 116 valence electrons. The fourth-order valence-corrected chi connectivity index (χ4v) is 3.36. The first-order valence-electron chi connectivity index (χ1n) is 7.93. The van der Waals surface area contributed by atoms with Crippen molar-refractivity contribution in [1.82, 2.24) is 4.90 Å². The first kappa shape index (κ1) is 16.6. The number of morpholine rings is 1. The van der Waals surface area contributed by atoms with E-state index in [0.717, 1.165) is 38.8 Å². The fraction of sp³-hybridized carbons (Fsp3) is 0.556. The lowest BCUT2D eigenvalue weighted by atomic mass is 10.2. The van der Waals surface area contributed by atoms with Gasteiger partial charge in [0.05, 0.1) is 13.2 Å². The molecule has 2 rings (SSSR count). The molecule has 0 spiro atoms. The van der Waals surface area contributed by atoms with E-state index in [1.165, 1.54) is 22.6 Å². The Hall–Kier alpha value is -0.770. The number of rotatable bonds is 7. The van der Waals surface area contributed by atoms with E-state index >= 15 is 0 Å². The number of benzene rings is 1. The summed E-state index contributed by atoms with van der Waals surface area (Å²) in [7, 11) is 0. The highest BCUT2D eigenvalue weighted by atomic mass is 32.2. The molecule has 0 radical (unpaired) electrons. The normalized spacial score (nSPS) is 16.9. The minimum Gasteiger partial charge on any atom is -0.379 e. The lowest BCUT2D eigenvalue weighted by Crippen LogP contribution is -2.36. The monoisotopic (exact) mass is 305 g/mol. The van der Waals surface area contributed by atoms with Gasteiger partial charge in [0.25, 0.3) is 0 Å². The summed E-state index contributed by atoms with van der Waals surface area (Å²) in [6, 6.07) is 8.90. The highest BCUT2D eigenvalue weighted by Gasteiger charge is 2.07. The number of hydrogen-bond donors (Lipinski definition) is 0. The molecule has 0 aromatic heterocycles. The van der Waals surface area contributed by atoms with Crippen LogP contribution in [0.25, 0.3) is 6.08 Å². The predicted molar refractivity (Wildman–Crippen MR) is 92.9 cm³/mol. The highest BCUT2D eigenvalue weighted by molar-refractivity contribution is 7.99. The van der Waals surface area contributed by atoms with Crippen molar-refractivity contribution in [2.45, 2.75) is 25.2 Å². The molecule has 0 bridgehead atoms. The molecular weight excluding hydrogens is 278 g/mol. The summed E-state index contributed by atoms with van der Waals surface area (Å²) in [5, 5.41) is 0. The summed E-state index contributed by atoms with van der Waals surface area (Å²) >= 11 is 1.96. The molecule has 1 heterocycles. The molecule has 1 saturated heterocycles. The largest absolute Gasteiger partial charge is 0.379 e. The predicted octanol–water partition coefficient (Wildman–Crippen LogP) is 4.17. The van der Waals surface area contributed by atoms with Gasteiger partial charge in [0.2, 0.25) is 0 Å². The minimum absolute atomic E-state index is 0.792. The Morgan fingerprint density at radius 2 is 1.90 bits per heavy atom. The van der Waals surface area contributed by atoms with Gasteiger partial charge in [-0.1, -0.05) is 38.1 Å². The fourth-order valence-electron chi connectivity index (χ4n) is 2.21. The number of hydrogen-bond acceptors (Lipinski definition) is 3. The van der Waals surface area contributed by atoms with Gasteiger partial charge in [0, 0.05) is 24.5 Å². The zero-order valence-electron chi connectivity index (χ0n) is 13.3. The second-order valence-corrected chi connectivity index (χ2v) is 7.08. The van der Waals surface area contributed by atoms with Gasteiger partial charge in [-0.25, -0.2) is 0 Å². The molecule has 0 N–H and O–H groups in total. The van der Waals surface area contributed by atoms with E-state index in [-0.39, 0.29) is 0 Å². The van der Waals surface area contributed by atoms with Crippen molar-refractivity contribution in [1.29, 1.82) is 0 Å². The van der Waals surface area contributed by atoms with Crippen LogP contribution in [0.4, 0.5) is 0 Å². The Labute approximate surface area is 133 Å². The summed E-state index contributed by atoms with van der Waals surface area (Å²) in [5.41, 5.74) is 1.29. The van der Waals surface area contributed by atoms with Crippen LogP contribution in [0.15, 0.2) is 35.2 Å². The molecule has 1 aliphatic rings. The highest BCUT2D eigenvalue weighted by Crippen LogP contribution is 2.21. The Morgan fingerprint density at radius 1 is 1.19 bits per heavy atom. The SMILES string of the molecule is CC(C)CCSc1ccc(C=CCN2CCOCC2)cc1. The Morgan fingerprint density at radius 3 is 2.57 bits per heavy atom. The van der Waals surface area contributed by atoms with Crippen molar-refractivity contribution in [3.63, 3.8) is 0 Å². The Balaban J connectivity index is 1.73. The van der Waals surface area contributed by atoms with Crippen LogP contribution in [0.3, 0.4) is 0 Å². The van der Waals surface area contributed by atoms with E-state index in [4.69, 9.17) is 4.74 Å². The average molecular weight is 305 g/mol. The van der Waals surface area contributed by atoms with Crippen LogP contribution in [-0.2, 0) is 4.74 Å². The molecule has 0 atom stereocenters. The van der Waals surface area contributed by atoms with E-state index in [2.05, 4.69) is 55.2 Å². The minimum atomic E-state index is 0.792. The van der Waals surface area contributed by atoms with Crippen LogP contribution >= 0.6 is 11.8 Å². The third-order valence-electron chi connectivity index (χ3n) is 3.62. The molecule has 3 heteroatoms. The summed E-state index contributed by atoms with van der Waals surface area (Å²) < 4.78 is 5.36. The van der Waals surface area contributed by atoms with Gasteiger partial charge < -0.3 is 4.74 Å². The van der Waals surface area contributed by atoms with E-state index in [0.29, 0.717) is 0 Å². The van der Waals surface area contributed by atoms with E-state index in [9.17, 15) is 0 Å². The topological polar surface area (TPSA) is 12.5 Å². The van der Waals surface area contributed by atoms with Crippen LogP contribution in [0.2, 0.25) is 0 Å². The molecule has 0 unspecified atom stereocenters. The van der Waals surface area contributed by atoms with Gasteiger partial charge in [0.15, 0.2) is 0 Å². The van der Waals surface area contributed by atoms with Gasteiger partial charge in [-0.05, 0) is 35.8 Å². The lowest BCUT2D eigenvalue weighted by molar-refractivity contribution is 0.0435. The van der Waals surface area contributed by atoms with Gasteiger partial charge in [-0.2, -0.15) is 0 Å². The van der Waals surface area contributed by atoms with E-state index in [1.807, 2.05) is 11.8 Å². The lowest BCUT2D eigenvalue weighted by Gasteiger charge is -2.25. The van der Waals surface area contributed by atoms with Crippen LogP contribution < -0.4 is 0 Å². The molecule has 1 aliphatic heterocycles. The van der Waals surface area contributed by atoms with Crippen molar-refractivity contribution in [2.24, 2.45) is 5.92 Å². The molecule has 1 aromatic rings. The quantitative estimate of drug-likeness (QED) is 0.702. The van der Waals surface area contributed by atoms with Crippen LogP contribution in [0.1, 0.15) is 25.8 Å². The van der Waals surface area contributed by atoms with Crippen LogP contribution in [0.5, 0.6) is 0 Å². The van der Waals surface area contributed by atoms with Crippen LogP contribution in [-0.4, -0.2) is 43.5 Å². The number of nitrogens with zero attached hydrogens (tertiary/aromatic N) is 1. The number of thioether (sulfide) groups is 1. The number of ether oxygens (including phenoxy) is 1. The molecule has 0 saturated carbocycles. The maximum Gasteiger partial charge on any atom is 0.0594 e. The Bertz CT molecular complexity index is 421. The maximum absolute atomic E-state index is 5.36. The molecular formula is C18H27NOS. The second-order valence-electron chi connectivity index (χ2n) is 5.92. The summed E-state index contributed by atoms with van der Waals surface area (Å²) in [6.07, 6.45) is 5.76. The second kappa shape index (κ2) is 9.29. The van der Waals surface area contributed by atoms with Crippen molar-refractivity contribution >= 4 is 17.8 Å². The van der Waals surface area contributed by atoms with Crippen molar-refractivity contribution in [3.8, 4) is 0 Å². The van der Waals surface area contributed by atoms with E-state index < -0.39 is 0 Å². The Kier molecular flexibility index (Phi) is 7.34. The molecule has 0 amide bonds. The molecule has 1 aromatic carbocycles. The van der Waals surface area contributed by atoms with E-state index in [1.54, 1.807) is 0 Å². The van der Waals surface area contributed by atoms with Crippen molar-refractivity contribution in [3.05, 3.63) is 35.9 Å². The van der Waals surface area contributed by atoms with Gasteiger partial charge in [-0.3, -0.25) is 4.90 Å². The first-order chi connectivity index (χ1) is 10.2. The standard InChI is InChI=1S/C18H27NOS/c1-16(2)9-15-21-18-7-5-17(6-8-18)4-3-10-19-11-13-20-14-12-19/h3-8,16H,9-15H2,1-2H3. The summed E-state index contributed by atoms with van der Waals surface area (Å²) in [5.74, 6) is 2.00. The maximum atomic E-state index is 5.36. The summed E-state index contributed by atoms with van der Waals surface area (Å²) in [4.78, 5) is 3.80. The third-order valence-corrected chi connectivity index (χ3v) is 4.67. The zero-order valence-corrected chi connectivity index (χ0v) is 14.1. The molecule has 1 fully saturated rings. The van der Waals surface area contributed by atoms with Crippen LogP contribution in [0, 0.1) is 5.92 Å². The van der Waals surface area contributed by atoms with Crippen molar-refractivity contribution < 1.29 is 4.74 Å². The van der Waals surface area contributed by atoms with Gasteiger partial charge >= 0.3 is 0 Å². The summed E-state index contributed by atoms with van der Waals surface area (Å²) in [6.45, 7) is 9.43. The third kappa shape index (κ3) is 6.68. The van der Waals surface area contributed by atoms with Crippen molar-refractivity contribution in [2.75, 3.05) is 38.6 Å². The first-order valence-corrected chi connectivity index (χ1v) is 8.92. The zero-order chi connectivity index (χ0) is 14.9. The average Bonchev–Trinajstić information content (AvgIpc) is 2.50. The molecule has 2 nitrogen and oxygen atoms in total. The van der Waals surface area contributed by atoms with Gasteiger partial charge in [0.1, 0.15) is 0 Å². The van der Waals surface area contributed by atoms with Gasteiger partial charge in [-0.15, -0.1) is 11.8 Å². The molecule has 21 heavy (non-hydrogen) atoms. The smallest absolute Gasteiger partial charge is 0.0594 e.